The first-order chi connectivity index (χ1) is 7.86. The minimum absolute atomic E-state index is 0.370. The molecule has 0 aliphatic carbocycles. The van der Waals surface area contributed by atoms with E-state index in [1.165, 1.54) is 17.7 Å². The minimum atomic E-state index is 0.370. The number of nitrogens with one attached hydrogen (secondary N) is 1. The topological polar surface area (TPSA) is 24.9 Å². The van der Waals surface area contributed by atoms with Crippen LogP contribution in [0.4, 0.5) is 0 Å². The number of hydrogen-bond acceptors (Lipinski definition) is 4. The molecular formula is C12H16N2S2. The molecule has 0 saturated carbocycles. The summed E-state index contributed by atoms with van der Waals surface area (Å²) in [6.07, 6.45) is 2.36. The number of aryl methyl sites for hydroxylation is 1. The molecule has 4 heteroatoms. The zero-order valence-corrected chi connectivity index (χ0v) is 11.0. The summed E-state index contributed by atoms with van der Waals surface area (Å²) >= 11 is 3.50. The molecule has 0 spiro atoms. The fourth-order valence-electron chi connectivity index (χ4n) is 1.58. The SMILES string of the molecule is CC(NCCCc1cccs1)c1cscn1. The average molecular weight is 252 g/mol. The van der Waals surface area contributed by atoms with Crippen LogP contribution in [0.2, 0.25) is 0 Å². The van der Waals surface area contributed by atoms with E-state index in [1.54, 1.807) is 11.3 Å². The lowest BCUT2D eigenvalue weighted by Gasteiger charge is -2.10. The molecule has 0 bridgehead atoms. The summed E-state index contributed by atoms with van der Waals surface area (Å²) in [4.78, 5) is 5.78. The predicted octanol–water partition coefficient (Wildman–Crippen LogP) is 3.49. The molecule has 2 aromatic rings. The third-order valence-electron chi connectivity index (χ3n) is 2.53. The van der Waals surface area contributed by atoms with Crippen molar-refractivity contribution < 1.29 is 0 Å². The lowest BCUT2D eigenvalue weighted by atomic mass is 10.2. The van der Waals surface area contributed by atoms with Crippen molar-refractivity contribution in [2.45, 2.75) is 25.8 Å². The second-order valence-corrected chi connectivity index (χ2v) is 5.52. The molecule has 0 aliphatic heterocycles. The third-order valence-corrected chi connectivity index (χ3v) is 4.07. The van der Waals surface area contributed by atoms with Gasteiger partial charge in [0.15, 0.2) is 0 Å². The summed E-state index contributed by atoms with van der Waals surface area (Å²) < 4.78 is 0. The van der Waals surface area contributed by atoms with Crippen molar-refractivity contribution in [1.29, 1.82) is 0 Å². The first-order valence-electron chi connectivity index (χ1n) is 5.50. The highest BCUT2D eigenvalue weighted by Gasteiger charge is 2.05. The van der Waals surface area contributed by atoms with Gasteiger partial charge in [-0.15, -0.1) is 22.7 Å². The van der Waals surface area contributed by atoms with Crippen LogP contribution in [0.25, 0.3) is 0 Å². The Morgan fingerprint density at radius 1 is 1.50 bits per heavy atom. The van der Waals surface area contributed by atoms with Gasteiger partial charge >= 0.3 is 0 Å². The zero-order valence-electron chi connectivity index (χ0n) is 9.35. The molecule has 0 amide bonds. The number of thiophene rings is 1. The number of hydrogen-bond donors (Lipinski definition) is 1. The largest absolute Gasteiger partial charge is 0.309 e. The summed E-state index contributed by atoms with van der Waals surface area (Å²) in [5.41, 5.74) is 3.04. The van der Waals surface area contributed by atoms with Crippen molar-refractivity contribution in [2.75, 3.05) is 6.54 Å². The van der Waals surface area contributed by atoms with Gasteiger partial charge in [-0.2, -0.15) is 0 Å². The summed E-state index contributed by atoms with van der Waals surface area (Å²) in [6, 6.07) is 4.69. The standard InChI is InChI=1S/C12H16N2S2/c1-10(12-8-15-9-14-12)13-6-2-4-11-5-3-7-16-11/h3,5,7-10,13H,2,4,6H2,1H3. The molecule has 2 nitrogen and oxygen atoms in total. The third kappa shape index (κ3) is 3.40. The van der Waals surface area contributed by atoms with Gasteiger partial charge in [-0.25, -0.2) is 4.98 Å². The number of rotatable bonds is 6. The molecule has 2 rings (SSSR count). The van der Waals surface area contributed by atoms with Crippen LogP contribution >= 0.6 is 22.7 Å². The molecule has 0 saturated heterocycles. The molecule has 2 aromatic heterocycles. The van der Waals surface area contributed by atoms with Gasteiger partial charge in [0, 0.05) is 16.3 Å². The van der Waals surface area contributed by atoms with Gasteiger partial charge in [0.25, 0.3) is 0 Å². The van der Waals surface area contributed by atoms with Crippen molar-refractivity contribution in [3.8, 4) is 0 Å². The highest BCUT2D eigenvalue weighted by Crippen LogP contribution is 2.13. The van der Waals surface area contributed by atoms with Crippen LogP contribution in [0.15, 0.2) is 28.4 Å². The fraction of sp³-hybridized carbons (Fsp3) is 0.417. The molecule has 86 valence electrons. The normalized spacial score (nSPS) is 12.8. The monoisotopic (exact) mass is 252 g/mol. The molecule has 0 fully saturated rings. The van der Waals surface area contributed by atoms with Gasteiger partial charge in [0.1, 0.15) is 0 Å². The quantitative estimate of drug-likeness (QED) is 0.796. The van der Waals surface area contributed by atoms with Crippen molar-refractivity contribution in [3.63, 3.8) is 0 Å². The molecule has 0 aromatic carbocycles. The van der Waals surface area contributed by atoms with Crippen LogP contribution in [0, 0.1) is 0 Å². The molecule has 2 heterocycles. The van der Waals surface area contributed by atoms with Crippen LogP contribution in [-0.4, -0.2) is 11.5 Å². The Kier molecular flexibility index (Phi) is 4.51. The Morgan fingerprint density at radius 2 is 2.44 bits per heavy atom. The first-order valence-corrected chi connectivity index (χ1v) is 7.32. The van der Waals surface area contributed by atoms with Gasteiger partial charge < -0.3 is 5.32 Å². The summed E-state index contributed by atoms with van der Waals surface area (Å²) in [5, 5.41) is 7.74. The lowest BCUT2D eigenvalue weighted by Crippen LogP contribution is -2.20. The van der Waals surface area contributed by atoms with Crippen molar-refractivity contribution in [1.82, 2.24) is 10.3 Å². The molecule has 1 N–H and O–H groups in total. The summed E-state index contributed by atoms with van der Waals surface area (Å²) in [7, 11) is 0. The van der Waals surface area contributed by atoms with E-state index in [4.69, 9.17) is 0 Å². The Morgan fingerprint density at radius 3 is 3.12 bits per heavy atom. The molecule has 0 radical (unpaired) electrons. The maximum atomic E-state index is 4.30. The van der Waals surface area contributed by atoms with E-state index in [9.17, 15) is 0 Å². The van der Waals surface area contributed by atoms with E-state index in [0.717, 1.165) is 12.2 Å². The maximum absolute atomic E-state index is 4.30. The second-order valence-electron chi connectivity index (χ2n) is 3.77. The Labute approximate surface area is 104 Å². The first kappa shape index (κ1) is 11.8. The Balaban J connectivity index is 1.65. The molecule has 16 heavy (non-hydrogen) atoms. The molecule has 1 atom stereocenters. The molecule has 1 unspecified atom stereocenters. The maximum Gasteiger partial charge on any atom is 0.0795 e. The summed E-state index contributed by atoms with van der Waals surface area (Å²) in [5.74, 6) is 0. The van der Waals surface area contributed by atoms with E-state index in [-0.39, 0.29) is 0 Å². The van der Waals surface area contributed by atoms with Crippen LogP contribution < -0.4 is 5.32 Å². The lowest BCUT2D eigenvalue weighted by molar-refractivity contribution is 0.550. The second kappa shape index (κ2) is 6.13. The van der Waals surface area contributed by atoms with E-state index < -0.39 is 0 Å². The van der Waals surface area contributed by atoms with Gasteiger partial charge in [0.2, 0.25) is 0 Å². The smallest absolute Gasteiger partial charge is 0.0795 e. The minimum Gasteiger partial charge on any atom is -0.309 e. The number of aromatic nitrogens is 1. The number of thiazole rings is 1. The zero-order chi connectivity index (χ0) is 11.2. The highest BCUT2D eigenvalue weighted by atomic mass is 32.1. The summed E-state index contributed by atoms with van der Waals surface area (Å²) in [6.45, 7) is 3.22. The molecule has 0 aliphatic rings. The van der Waals surface area contributed by atoms with E-state index >= 15 is 0 Å². The van der Waals surface area contributed by atoms with Gasteiger partial charge in [-0.1, -0.05) is 6.07 Å². The van der Waals surface area contributed by atoms with Crippen LogP contribution in [0.5, 0.6) is 0 Å². The van der Waals surface area contributed by atoms with Crippen LogP contribution in [-0.2, 0) is 6.42 Å². The van der Waals surface area contributed by atoms with Crippen molar-refractivity contribution in [3.05, 3.63) is 39.0 Å². The van der Waals surface area contributed by atoms with Gasteiger partial charge in [0.05, 0.1) is 11.2 Å². The van der Waals surface area contributed by atoms with E-state index in [1.807, 2.05) is 16.8 Å². The average Bonchev–Trinajstić information content (AvgIpc) is 2.96. The Hall–Kier alpha value is -0.710. The fourth-order valence-corrected chi connectivity index (χ4v) is 2.98. The van der Waals surface area contributed by atoms with Crippen molar-refractivity contribution in [2.24, 2.45) is 0 Å². The Bertz CT molecular complexity index is 381. The van der Waals surface area contributed by atoms with Crippen molar-refractivity contribution >= 4 is 22.7 Å². The van der Waals surface area contributed by atoms with Gasteiger partial charge in [-0.3, -0.25) is 0 Å². The van der Waals surface area contributed by atoms with E-state index in [0.29, 0.717) is 6.04 Å². The van der Waals surface area contributed by atoms with Crippen LogP contribution in [0.1, 0.15) is 30.0 Å². The number of nitrogens with zero attached hydrogens (tertiary/aromatic N) is 1. The van der Waals surface area contributed by atoms with E-state index in [2.05, 4.69) is 40.1 Å². The highest BCUT2D eigenvalue weighted by molar-refractivity contribution is 7.09. The van der Waals surface area contributed by atoms with Gasteiger partial charge in [-0.05, 0) is 37.8 Å². The van der Waals surface area contributed by atoms with Crippen LogP contribution in [0.3, 0.4) is 0 Å². The molecular weight excluding hydrogens is 236 g/mol. The predicted molar refractivity (Wildman–Crippen MR) is 71.2 cm³/mol.